The first-order valence-electron chi connectivity index (χ1n) is 7.27. The Bertz CT molecular complexity index is 869. The molecular formula is C17H15N3O5. The van der Waals surface area contributed by atoms with Crippen molar-refractivity contribution in [1.29, 1.82) is 0 Å². The van der Waals surface area contributed by atoms with Gasteiger partial charge in [0.25, 0.3) is 5.78 Å². The molecule has 8 heteroatoms. The number of benzene rings is 1. The zero-order valence-electron chi connectivity index (χ0n) is 13.8. The highest BCUT2D eigenvalue weighted by Gasteiger charge is 2.35. The van der Waals surface area contributed by atoms with E-state index >= 15 is 0 Å². The van der Waals surface area contributed by atoms with E-state index < -0.39 is 11.6 Å². The molecule has 0 atom stereocenters. The van der Waals surface area contributed by atoms with Crippen molar-refractivity contribution in [2.75, 3.05) is 26.6 Å². The molecule has 0 radical (unpaired) electrons. The van der Waals surface area contributed by atoms with Gasteiger partial charge in [0.1, 0.15) is 28.6 Å². The van der Waals surface area contributed by atoms with Crippen LogP contribution in [0.25, 0.3) is 0 Å². The zero-order chi connectivity index (χ0) is 18.0. The number of anilines is 1. The third kappa shape index (κ3) is 2.89. The fourth-order valence-corrected chi connectivity index (χ4v) is 2.45. The number of rotatable bonds is 5. The van der Waals surface area contributed by atoms with E-state index in [9.17, 15) is 9.59 Å². The topological polar surface area (TPSA) is 99.6 Å². The number of aromatic nitrogens is 2. The van der Waals surface area contributed by atoms with Gasteiger partial charge in [0.05, 0.1) is 21.3 Å². The van der Waals surface area contributed by atoms with Crippen LogP contribution in [0, 0.1) is 0 Å². The number of nitrogens with one attached hydrogen (secondary N) is 1. The number of ether oxygens (including phenoxy) is 3. The number of hydrogen-bond acceptors (Lipinski definition) is 8. The van der Waals surface area contributed by atoms with E-state index in [1.807, 2.05) is 0 Å². The average Bonchev–Trinajstić information content (AvgIpc) is 2.65. The monoisotopic (exact) mass is 341 g/mol. The molecular weight excluding hydrogens is 326 g/mol. The number of carbonyl (C=O) groups excluding carboxylic acids is 2. The van der Waals surface area contributed by atoms with Crippen LogP contribution >= 0.6 is 0 Å². The molecule has 0 saturated heterocycles. The van der Waals surface area contributed by atoms with Gasteiger partial charge in [-0.1, -0.05) is 0 Å². The summed E-state index contributed by atoms with van der Waals surface area (Å²) >= 11 is 0. The van der Waals surface area contributed by atoms with Crippen LogP contribution < -0.4 is 14.8 Å². The lowest BCUT2D eigenvalue weighted by atomic mass is 9.99. The minimum Gasteiger partial charge on any atom is -0.497 e. The summed E-state index contributed by atoms with van der Waals surface area (Å²) in [5.74, 6) is -0.0731. The Kier molecular flexibility index (Phi) is 4.34. The van der Waals surface area contributed by atoms with Crippen molar-refractivity contribution in [3.05, 3.63) is 53.4 Å². The number of allylic oxidation sites excluding steroid dienone is 2. The van der Waals surface area contributed by atoms with Crippen molar-refractivity contribution in [2.24, 2.45) is 0 Å². The van der Waals surface area contributed by atoms with Crippen LogP contribution in [0.15, 0.2) is 42.0 Å². The lowest BCUT2D eigenvalue weighted by Crippen LogP contribution is -2.28. The van der Waals surface area contributed by atoms with Crippen LogP contribution in [0.1, 0.15) is 21.0 Å². The molecule has 0 amide bonds. The summed E-state index contributed by atoms with van der Waals surface area (Å²) < 4.78 is 15.5. The first-order chi connectivity index (χ1) is 12.1. The van der Waals surface area contributed by atoms with Gasteiger partial charge in [0.15, 0.2) is 5.76 Å². The third-order valence-electron chi connectivity index (χ3n) is 3.61. The fourth-order valence-electron chi connectivity index (χ4n) is 2.45. The number of Topliss-reactive ketones (excluding diaryl/α,β-unsaturated/α-hetero) is 2. The summed E-state index contributed by atoms with van der Waals surface area (Å²) in [6.45, 7) is 0. The minimum absolute atomic E-state index is 0.0178. The van der Waals surface area contributed by atoms with Gasteiger partial charge in [-0.15, -0.1) is 0 Å². The Hall–Kier alpha value is -3.42. The second-order valence-electron chi connectivity index (χ2n) is 5.05. The molecule has 128 valence electrons. The number of ketones is 2. The Labute approximate surface area is 143 Å². The Morgan fingerprint density at radius 2 is 1.36 bits per heavy atom. The van der Waals surface area contributed by atoms with Crippen LogP contribution in [-0.4, -0.2) is 42.9 Å². The maximum absolute atomic E-state index is 12.7. The van der Waals surface area contributed by atoms with E-state index in [2.05, 4.69) is 15.3 Å². The fraction of sp³-hybridized carbons (Fsp3) is 0.176. The first kappa shape index (κ1) is 16.4. The van der Waals surface area contributed by atoms with Crippen LogP contribution in [0.5, 0.6) is 11.5 Å². The van der Waals surface area contributed by atoms with Gasteiger partial charge < -0.3 is 19.5 Å². The van der Waals surface area contributed by atoms with E-state index in [0.717, 1.165) is 0 Å². The molecule has 8 nitrogen and oxygen atoms in total. The minimum atomic E-state index is -0.512. The summed E-state index contributed by atoms with van der Waals surface area (Å²) in [6, 6.07) is 5.00. The average molecular weight is 341 g/mol. The molecule has 1 aromatic heterocycles. The van der Waals surface area contributed by atoms with Crippen LogP contribution in [0.2, 0.25) is 0 Å². The Balaban J connectivity index is 2.07. The summed E-state index contributed by atoms with van der Waals surface area (Å²) in [6.07, 6.45) is 2.71. The molecule has 1 aliphatic carbocycles. The van der Waals surface area contributed by atoms with Crippen molar-refractivity contribution in [2.45, 2.75) is 0 Å². The summed E-state index contributed by atoms with van der Waals surface area (Å²) in [5.41, 5.74) is 0.425. The molecule has 2 aromatic rings. The van der Waals surface area contributed by atoms with Gasteiger partial charge in [-0.25, -0.2) is 9.97 Å². The lowest BCUT2D eigenvalue weighted by molar-refractivity contribution is 0.0899. The largest absolute Gasteiger partial charge is 0.497 e. The van der Waals surface area contributed by atoms with Crippen LogP contribution in [0.4, 0.5) is 5.69 Å². The Morgan fingerprint density at radius 3 is 1.88 bits per heavy atom. The molecule has 0 bridgehead atoms. The molecule has 0 saturated carbocycles. The number of nitrogens with zero attached hydrogens (tertiary/aromatic N) is 2. The van der Waals surface area contributed by atoms with Gasteiger partial charge >= 0.3 is 0 Å². The molecule has 0 spiro atoms. The van der Waals surface area contributed by atoms with E-state index in [1.54, 1.807) is 18.2 Å². The predicted molar refractivity (Wildman–Crippen MR) is 87.9 cm³/mol. The summed E-state index contributed by atoms with van der Waals surface area (Å²) in [7, 11) is 4.34. The quantitative estimate of drug-likeness (QED) is 0.879. The van der Waals surface area contributed by atoms with Crippen molar-refractivity contribution in [3.63, 3.8) is 0 Å². The van der Waals surface area contributed by atoms with Gasteiger partial charge in [-0.05, 0) is 0 Å². The highest BCUT2D eigenvalue weighted by molar-refractivity contribution is 6.25. The van der Waals surface area contributed by atoms with Crippen molar-refractivity contribution in [1.82, 2.24) is 9.97 Å². The maximum Gasteiger partial charge on any atom is 0.250 e. The van der Waals surface area contributed by atoms with E-state index in [4.69, 9.17) is 14.2 Å². The molecule has 1 aromatic carbocycles. The summed E-state index contributed by atoms with van der Waals surface area (Å²) in [5, 5.41) is 2.91. The first-order valence-corrected chi connectivity index (χ1v) is 7.27. The Morgan fingerprint density at radius 1 is 0.800 bits per heavy atom. The zero-order valence-corrected chi connectivity index (χ0v) is 13.8. The van der Waals surface area contributed by atoms with Gasteiger partial charge in [-0.3, -0.25) is 9.59 Å². The lowest BCUT2D eigenvalue weighted by Gasteiger charge is -2.20. The molecule has 0 aliphatic heterocycles. The predicted octanol–water partition coefficient (Wildman–Crippen LogP) is 1.84. The van der Waals surface area contributed by atoms with Crippen molar-refractivity contribution < 1.29 is 23.8 Å². The van der Waals surface area contributed by atoms with E-state index in [0.29, 0.717) is 17.2 Å². The van der Waals surface area contributed by atoms with Gasteiger partial charge in [0.2, 0.25) is 5.78 Å². The van der Waals surface area contributed by atoms with E-state index in [-0.39, 0.29) is 22.8 Å². The number of methoxy groups -OCH3 is 3. The van der Waals surface area contributed by atoms with Crippen molar-refractivity contribution in [3.8, 4) is 11.5 Å². The second kappa shape index (κ2) is 6.60. The molecule has 0 unspecified atom stereocenters. The van der Waals surface area contributed by atoms with Crippen molar-refractivity contribution >= 4 is 17.3 Å². The molecule has 1 N–H and O–H groups in total. The number of hydrogen-bond donors (Lipinski definition) is 1. The molecule has 1 aliphatic rings. The summed E-state index contributed by atoms with van der Waals surface area (Å²) in [4.78, 5) is 33.1. The van der Waals surface area contributed by atoms with Crippen LogP contribution in [0.3, 0.4) is 0 Å². The SMILES string of the molecule is COC1=C(Nc2cc(OC)cc(OC)c2)C(=O)c2nccnc2C1=O. The highest BCUT2D eigenvalue weighted by atomic mass is 16.5. The molecule has 3 rings (SSSR count). The second-order valence-corrected chi connectivity index (χ2v) is 5.05. The van der Waals surface area contributed by atoms with E-state index in [1.165, 1.54) is 33.7 Å². The molecule has 0 fully saturated rings. The van der Waals surface area contributed by atoms with Crippen LogP contribution in [-0.2, 0) is 4.74 Å². The van der Waals surface area contributed by atoms with Gasteiger partial charge in [-0.2, -0.15) is 0 Å². The normalized spacial score (nSPS) is 13.4. The maximum atomic E-state index is 12.7. The van der Waals surface area contributed by atoms with Gasteiger partial charge in [0, 0.05) is 36.3 Å². The smallest absolute Gasteiger partial charge is 0.250 e. The number of fused-ring (bicyclic) bond motifs is 1. The number of carbonyl (C=O) groups is 2. The molecule has 1 heterocycles. The highest BCUT2D eigenvalue weighted by Crippen LogP contribution is 2.30. The molecule has 25 heavy (non-hydrogen) atoms. The third-order valence-corrected chi connectivity index (χ3v) is 3.61. The standard InChI is InChI=1S/C17H15N3O5/c1-23-10-6-9(7-11(8-10)24-2)20-14-15(21)12-13(19-5-4-18-12)16(22)17(14)25-3/h4-8,20H,1-3H3.